The second kappa shape index (κ2) is 7.74. The zero-order valence-electron chi connectivity index (χ0n) is 11.8. The zero-order chi connectivity index (χ0) is 13.4. The molecule has 0 heterocycles. The Morgan fingerprint density at radius 3 is 2.67 bits per heavy atom. The molecule has 0 aromatic rings. The van der Waals surface area contributed by atoms with Gasteiger partial charge in [0.25, 0.3) is 0 Å². The quantitative estimate of drug-likeness (QED) is 0.653. The molecule has 1 aliphatic carbocycles. The van der Waals surface area contributed by atoms with Crippen LogP contribution >= 0.6 is 0 Å². The molecule has 18 heavy (non-hydrogen) atoms. The van der Waals surface area contributed by atoms with Gasteiger partial charge in [0.15, 0.2) is 0 Å². The molecule has 0 aliphatic heterocycles. The molecule has 1 rings (SSSR count). The number of amides is 1. The highest BCUT2D eigenvalue weighted by Crippen LogP contribution is 2.27. The average molecular weight is 256 g/mol. The lowest BCUT2D eigenvalue weighted by atomic mass is 10.0. The van der Waals surface area contributed by atoms with Crippen LogP contribution in [0.25, 0.3) is 0 Å². The summed E-state index contributed by atoms with van der Waals surface area (Å²) in [4.78, 5) is 11.7. The zero-order valence-corrected chi connectivity index (χ0v) is 11.8. The molecular formula is C14H28N2O2. The molecule has 1 aliphatic rings. The van der Waals surface area contributed by atoms with E-state index in [4.69, 9.17) is 10.5 Å². The fourth-order valence-corrected chi connectivity index (χ4v) is 2.32. The van der Waals surface area contributed by atoms with E-state index in [1.807, 2.05) is 0 Å². The van der Waals surface area contributed by atoms with Crippen molar-refractivity contribution in [1.82, 2.24) is 5.32 Å². The van der Waals surface area contributed by atoms with Crippen LogP contribution in [0.1, 0.15) is 58.8 Å². The number of unbranched alkanes of at least 4 members (excludes halogenated alkanes) is 2. The molecule has 1 unspecified atom stereocenters. The number of hydrogen-bond donors (Lipinski definition) is 2. The third-order valence-electron chi connectivity index (χ3n) is 3.67. The highest BCUT2D eigenvalue weighted by Gasteiger charge is 2.30. The Morgan fingerprint density at radius 2 is 2.06 bits per heavy atom. The first-order valence-corrected chi connectivity index (χ1v) is 7.25. The summed E-state index contributed by atoms with van der Waals surface area (Å²) < 4.78 is 5.61. The van der Waals surface area contributed by atoms with Crippen LogP contribution in [0.3, 0.4) is 0 Å². The maximum absolute atomic E-state index is 11.7. The average Bonchev–Trinajstić information content (AvgIpc) is 2.79. The maximum atomic E-state index is 11.7. The smallest absolute Gasteiger partial charge is 0.248 e. The molecule has 1 amide bonds. The highest BCUT2D eigenvalue weighted by molar-refractivity contribution is 5.80. The number of hydrogen-bond acceptors (Lipinski definition) is 3. The summed E-state index contributed by atoms with van der Waals surface area (Å²) in [6.07, 6.45) is 7.34. The van der Waals surface area contributed by atoms with E-state index in [0.717, 1.165) is 38.6 Å². The van der Waals surface area contributed by atoms with Crippen molar-refractivity contribution in [3.8, 4) is 0 Å². The van der Waals surface area contributed by atoms with Crippen molar-refractivity contribution in [2.75, 3.05) is 13.2 Å². The van der Waals surface area contributed by atoms with Crippen LogP contribution in [0.2, 0.25) is 0 Å². The van der Waals surface area contributed by atoms with E-state index in [-0.39, 0.29) is 11.4 Å². The third-order valence-corrected chi connectivity index (χ3v) is 3.67. The van der Waals surface area contributed by atoms with Gasteiger partial charge in [-0.15, -0.1) is 0 Å². The fourth-order valence-electron chi connectivity index (χ4n) is 2.32. The lowest BCUT2D eigenvalue weighted by molar-refractivity contribution is -0.132. The summed E-state index contributed by atoms with van der Waals surface area (Å²) in [6.45, 7) is 5.19. The molecule has 0 aromatic heterocycles. The van der Waals surface area contributed by atoms with Crippen LogP contribution in [0.4, 0.5) is 0 Å². The molecule has 3 N–H and O–H groups in total. The Bertz CT molecular complexity index is 250. The lowest BCUT2D eigenvalue weighted by Crippen LogP contribution is -2.44. The second-order valence-electron chi connectivity index (χ2n) is 5.52. The fraction of sp³-hybridized carbons (Fsp3) is 0.929. The van der Waals surface area contributed by atoms with Crippen molar-refractivity contribution in [3.05, 3.63) is 0 Å². The van der Waals surface area contributed by atoms with Crippen molar-refractivity contribution < 1.29 is 9.53 Å². The molecule has 0 aromatic carbocycles. The first kappa shape index (κ1) is 15.4. The molecule has 106 valence electrons. The lowest BCUT2D eigenvalue weighted by Gasteiger charge is -2.25. The molecule has 0 saturated heterocycles. The van der Waals surface area contributed by atoms with Gasteiger partial charge < -0.3 is 15.8 Å². The molecule has 1 atom stereocenters. The molecule has 0 radical (unpaired) electrons. The number of carbonyl (C=O) groups is 1. The van der Waals surface area contributed by atoms with Crippen molar-refractivity contribution in [2.24, 2.45) is 5.73 Å². The van der Waals surface area contributed by atoms with Crippen molar-refractivity contribution in [1.29, 1.82) is 0 Å². The number of carbonyl (C=O) groups excluding carboxylic acids is 1. The first-order chi connectivity index (χ1) is 8.57. The molecule has 0 spiro atoms. The van der Waals surface area contributed by atoms with Gasteiger partial charge in [-0.05, 0) is 26.2 Å². The van der Waals surface area contributed by atoms with Gasteiger partial charge in [-0.25, -0.2) is 0 Å². The van der Waals surface area contributed by atoms with Crippen LogP contribution in [-0.2, 0) is 9.53 Å². The van der Waals surface area contributed by atoms with Crippen LogP contribution in [-0.4, -0.2) is 30.7 Å². The standard InChI is InChI=1S/C14H28N2O2/c1-3-4-7-10-16-13(17)12(2)18-11-14(15)8-5-6-9-14/h12H,3-11,15H2,1-2H3,(H,16,17). The molecule has 4 nitrogen and oxygen atoms in total. The normalized spacial score (nSPS) is 19.7. The summed E-state index contributed by atoms with van der Waals surface area (Å²) in [5.74, 6) is -0.0206. The Labute approximate surface area is 111 Å². The molecular weight excluding hydrogens is 228 g/mol. The summed E-state index contributed by atoms with van der Waals surface area (Å²) >= 11 is 0. The Kier molecular flexibility index (Phi) is 6.65. The highest BCUT2D eigenvalue weighted by atomic mass is 16.5. The maximum Gasteiger partial charge on any atom is 0.248 e. The van der Waals surface area contributed by atoms with Gasteiger partial charge in [-0.3, -0.25) is 4.79 Å². The number of rotatable bonds is 8. The predicted molar refractivity (Wildman–Crippen MR) is 73.3 cm³/mol. The van der Waals surface area contributed by atoms with Gasteiger partial charge in [0.05, 0.1) is 6.61 Å². The minimum Gasteiger partial charge on any atom is -0.367 e. The van der Waals surface area contributed by atoms with Crippen LogP contribution < -0.4 is 11.1 Å². The van der Waals surface area contributed by atoms with Gasteiger partial charge in [-0.2, -0.15) is 0 Å². The van der Waals surface area contributed by atoms with E-state index in [2.05, 4.69) is 12.2 Å². The predicted octanol–water partition coefficient (Wildman–Crippen LogP) is 1.97. The van der Waals surface area contributed by atoms with Gasteiger partial charge in [0, 0.05) is 12.1 Å². The largest absolute Gasteiger partial charge is 0.367 e. The van der Waals surface area contributed by atoms with Gasteiger partial charge in [0.1, 0.15) is 6.10 Å². The minimum absolute atomic E-state index is 0.0206. The van der Waals surface area contributed by atoms with E-state index in [1.54, 1.807) is 6.92 Å². The van der Waals surface area contributed by atoms with Gasteiger partial charge >= 0.3 is 0 Å². The number of ether oxygens (including phenoxy) is 1. The summed E-state index contributed by atoms with van der Waals surface area (Å²) in [7, 11) is 0. The third kappa shape index (κ3) is 5.36. The van der Waals surface area contributed by atoms with Gasteiger partial charge in [-0.1, -0.05) is 32.6 Å². The van der Waals surface area contributed by atoms with Crippen LogP contribution in [0.5, 0.6) is 0 Å². The topological polar surface area (TPSA) is 64.3 Å². The monoisotopic (exact) mass is 256 g/mol. The summed E-state index contributed by atoms with van der Waals surface area (Å²) in [6, 6.07) is 0. The van der Waals surface area contributed by atoms with Crippen molar-refractivity contribution >= 4 is 5.91 Å². The summed E-state index contributed by atoms with van der Waals surface area (Å²) in [5.41, 5.74) is 5.99. The van der Waals surface area contributed by atoms with Crippen LogP contribution in [0.15, 0.2) is 0 Å². The van der Waals surface area contributed by atoms with Crippen molar-refractivity contribution in [3.63, 3.8) is 0 Å². The molecule has 1 saturated carbocycles. The van der Waals surface area contributed by atoms with E-state index in [9.17, 15) is 4.79 Å². The van der Waals surface area contributed by atoms with Crippen molar-refractivity contribution in [2.45, 2.75) is 70.4 Å². The number of nitrogens with two attached hydrogens (primary N) is 1. The van der Waals surface area contributed by atoms with E-state index in [0.29, 0.717) is 6.61 Å². The van der Waals surface area contributed by atoms with Gasteiger partial charge in [0.2, 0.25) is 5.91 Å². The number of nitrogens with one attached hydrogen (secondary N) is 1. The van der Waals surface area contributed by atoms with Crippen LogP contribution in [0, 0.1) is 0 Å². The Hall–Kier alpha value is -0.610. The van der Waals surface area contributed by atoms with E-state index < -0.39 is 6.10 Å². The molecule has 0 bridgehead atoms. The summed E-state index contributed by atoms with van der Waals surface area (Å²) in [5, 5.41) is 2.90. The van der Waals surface area contributed by atoms with E-state index >= 15 is 0 Å². The second-order valence-corrected chi connectivity index (χ2v) is 5.52. The first-order valence-electron chi connectivity index (χ1n) is 7.25. The molecule has 4 heteroatoms. The molecule has 1 fully saturated rings. The SMILES string of the molecule is CCCCCNC(=O)C(C)OCC1(N)CCCC1. The minimum atomic E-state index is -0.396. The Morgan fingerprint density at radius 1 is 1.39 bits per heavy atom. The van der Waals surface area contributed by atoms with E-state index in [1.165, 1.54) is 12.8 Å². The Balaban J connectivity index is 2.15.